The number of halogens is 1. The third-order valence-electron chi connectivity index (χ3n) is 3.62. The van der Waals surface area contributed by atoms with Crippen LogP contribution in [0, 0.1) is 5.92 Å². The Balaban J connectivity index is 1.89. The maximum atomic E-state index is 3.64. The lowest BCUT2D eigenvalue weighted by Gasteiger charge is -2.36. The Morgan fingerprint density at radius 2 is 2.47 bits per heavy atom. The summed E-state index contributed by atoms with van der Waals surface area (Å²) in [6.45, 7) is 9.21. The van der Waals surface area contributed by atoms with Crippen LogP contribution < -0.4 is 5.32 Å². The second kappa shape index (κ2) is 6.32. The molecule has 1 aliphatic rings. The molecule has 1 N–H and O–H groups in total. The molecule has 1 fully saturated rings. The Hall–Kier alpha value is 0.1000. The summed E-state index contributed by atoms with van der Waals surface area (Å²) in [6.07, 6.45) is 1.26. The molecule has 1 aromatic heterocycles. The van der Waals surface area contributed by atoms with Gasteiger partial charge in [0.05, 0.1) is 0 Å². The van der Waals surface area contributed by atoms with Gasteiger partial charge in [0, 0.05) is 47.0 Å². The third kappa shape index (κ3) is 3.78. The van der Waals surface area contributed by atoms with Crippen molar-refractivity contribution < 1.29 is 0 Å². The van der Waals surface area contributed by atoms with Crippen LogP contribution in [0.1, 0.15) is 25.1 Å². The number of nitrogens with zero attached hydrogens (tertiary/aromatic N) is 1. The van der Waals surface area contributed by atoms with Crippen molar-refractivity contribution in [2.24, 2.45) is 5.92 Å². The first-order valence-corrected chi connectivity index (χ1v) is 8.05. The predicted octanol–water partition coefficient (Wildman–Crippen LogP) is 3.33. The lowest BCUT2D eigenvalue weighted by molar-refractivity contribution is 0.163. The van der Waals surface area contributed by atoms with Crippen LogP contribution in [0.5, 0.6) is 0 Å². The van der Waals surface area contributed by atoms with Crippen molar-refractivity contribution in [3.63, 3.8) is 0 Å². The Kier molecular flexibility index (Phi) is 5.03. The Morgan fingerprint density at radius 1 is 1.65 bits per heavy atom. The minimum Gasteiger partial charge on any atom is -0.311 e. The van der Waals surface area contributed by atoms with Crippen LogP contribution in [0.4, 0.5) is 0 Å². The molecule has 1 aromatic rings. The predicted molar refractivity (Wildman–Crippen MR) is 78.5 cm³/mol. The molecule has 1 saturated heterocycles. The van der Waals surface area contributed by atoms with Crippen molar-refractivity contribution in [2.75, 3.05) is 19.6 Å². The highest BCUT2D eigenvalue weighted by molar-refractivity contribution is 9.10. The van der Waals surface area contributed by atoms with Gasteiger partial charge in [0.15, 0.2) is 0 Å². The molecule has 2 rings (SSSR count). The van der Waals surface area contributed by atoms with E-state index in [9.17, 15) is 0 Å². The first-order valence-electron chi connectivity index (χ1n) is 6.37. The largest absolute Gasteiger partial charge is 0.311 e. The fourth-order valence-electron chi connectivity index (χ4n) is 2.31. The molecule has 0 saturated carbocycles. The quantitative estimate of drug-likeness (QED) is 0.916. The van der Waals surface area contributed by atoms with E-state index in [1.807, 2.05) is 11.3 Å². The van der Waals surface area contributed by atoms with Gasteiger partial charge in [-0.05, 0) is 27.9 Å². The maximum absolute atomic E-state index is 3.64. The van der Waals surface area contributed by atoms with Crippen molar-refractivity contribution in [1.29, 1.82) is 0 Å². The molecule has 0 spiro atoms. The van der Waals surface area contributed by atoms with E-state index in [-0.39, 0.29) is 0 Å². The molecule has 0 amide bonds. The normalized spacial score (nSPS) is 23.8. The molecule has 2 heterocycles. The SMILES string of the molecule is CCC(C)C1CN(Cc2cc(Br)cs2)CCN1. The summed E-state index contributed by atoms with van der Waals surface area (Å²) in [4.78, 5) is 4.03. The van der Waals surface area contributed by atoms with Gasteiger partial charge in [0.2, 0.25) is 0 Å². The van der Waals surface area contributed by atoms with Gasteiger partial charge in [-0.3, -0.25) is 4.90 Å². The van der Waals surface area contributed by atoms with E-state index in [0.29, 0.717) is 6.04 Å². The molecule has 0 radical (unpaired) electrons. The number of hydrogen-bond donors (Lipinski definition) is 1. The molecule has 4 heteroatoms. The Bertz CT molecular complexity index is 353. The molecule has 2 unspecified atom stereocenters. The number of piperazine rings is 1. The maximum Gasteiger partial charge on any atom is 0.0329 e. The van der Waals surface area contributed by atoms with E-state index in [2.05, 4.69) is 51.4 Å². The van der Waals surface area contributed by atoms with E-state index in [0.717, 1.165) is 19.0 Å². The molecule has 0 aromatic carbocycles. The van der Waals surface area contributed by atoms with Gasteiger partial charge in [0.25, 0.3) is 0 Å². The summed E-state index contributed by atoms with van der Waals surface area (Å²) in [5, 5.41) is 5.81. The van der Waals surface area contributed by atoms with Crippen LogP contribution >= 0.6 is 27.3 Å². The second-order valence-corrected chi connectivity index (χ2v) is 6.82. The highest BCUT2D eigenvalue weighted by Gasteiger charge is 2.23. The van der Waals surface area contributed by atoms with Crippen LogP contribution in [-0.2, 0) is 6.54 Å². The van der Waals surface area contributed by atoms with Gasteiger partial charge in [-0.2, -0.15) is 0 Å². The Labute approximate surface area is 117 Å². The third-order valence-corrected chi connectivity index (χ3v) is 5.30. The first-order chi connectivity index (χ1) is 8.19. The molecule has 1 aliphatic heterocycles. The Morgan fingerprint density at radius 3 is 3.12 bits per heavy atom. The fraction of sp³-hybridized carbons (Fsp3) is 0.692. The average molecular weight is 317 g/mol. The van der Waals surface area contributed by atoms with Gasteiger partial charge < -0.3 is 5.32 Å². The fourth-order valence-corrected chi connectivity index (χ4v) is 3.80. The summed E-state index contributed by atoms with van der Waals surface area (Å²) in [6, 6.07) is 2.91. The zero-order chi connectivity index (χ0) is 12.3. The van der Waals surface area contributed by atoms with Gasteiger partial charge in [-0.15, -0.1) is 11.3 Å². The summed E-state index contributed by atoms with van der Waals surface area (Å²) >= 11 is 5.37. The lowest BCUT2D eigenvalue weighted by Crippen LogP contribution is -2.52. The van der Waals surface area contributed by atoms with E-state index in [1.54, 1.807) is 0 Å². The monoisotopic (exact) mass is 316 g/mol. The summed E-state index contributed by atoms with van der Waals surface area (Å²) in [5.41, 5.74) is 0. The van der Waals surface area contributed by atoms with Crippen LogP contribution in [0.2, 0.25) is 0 Å². The lowest BCUT2D eigenvalue weighted by atomic mass is 9.97. The number of hydrogen-bond acceptors (Lipinski definition) is 3. The van der Waals surface area contributed by atoms with Crippen molar-refractivity contribution in [2.45, 2.75) is 32.9 Å². The van der Waals surface area contributed by atoms with E-state index in [1.165, 1.54) is 28.9 Å². The van der Waals surface area contributed by atoms with Crippen molar-refractivity contribution in [3.8, 4) is 0 Å². The smallest absolute Gasteiger partial charge is 0.0329 e. The molecular weight excluding hydrogens is 296 g/mol. The molecule has 0 aliphatic carbocycles. The van der Waals surface area contributed by atoms with Gasteiger partial charge in [-0.25, -0.2) is 0 Å². The summed E-state index contributed by atoms with van der Waals surface area (Å²) in [5.74, 6) is 0.771. The topological polar surface area (TPSA) is 15.3 Å². The average Bonchev–Trinajstić information content (AvgIpc) is 2.74. The standard InChI is InChI=1S/C13H21BrN2S/c1-3-10(2)13-8-16(5-4-15-13)7-12-6-11(14)9-17-12/h6,9-10,13,15H,3-5,7-8H2,1-2H3. The minimum absolute atomic E-state index is 0.664. The zero-order valence-electron chi connectivity index (χ0n) is 10.6. The van der Waals surface area contributed by atoms with Crippen LogP contribution in [0.25, 0.3) is 0 Å². The highest BCUT2D eigenvalue weighted by Crippen LogP contribution is 2.22. The van der Waals surface area contributed by atoms with Crippen LogP contribution in [0.15, 0.2) is 15.9 Å². The number of nitrogens with one attached hydrogen (secondary N) is 1. The van der Waals surface area contributed by atoms with E-state index < -0.39 is 0 Å². The van der Waals surface area contributed by atoms with Crippen LogP contribution in [-0.4, -0.2) is 30.6 Å². The highest BCUT2D eigenvalue weighted by atomic mass is 79.9. The van der Waals surface area contributed by atoms with Gasteiger partial charge in [-0.1, -0.05) is 20.3 Å². The summed E-state index contributed by atoms with van der Waals surface area (Å²) < 4.78 is 1.21. The second-order valence-electron chi connectivity index (χ2n) is 4.91. The minimum atomic E-state index is 0.664. The number of rotatable bonds is 4. The first kappa shape index (κ1) is 13.5. The zero-order valence-corrected chi connectivity index (χ0v) is 13.0. The van der Waals surface area contributed by atoms with Crippen molar-refractivity contribution in [1.82, 2.24) is 10.2 Å². The van der Waals surface area contributed by atoms with Crippen LogP contribution in [0.3, 0.4) is 0 Å². The molecule has 0 bridgehead atoms. The molecule has 17 heavy (non-hydrogen) atoms. The van der Waals surface area contributed by atoms with Gasteiger partial charge >= 0.3 is 0 Å². The molecular formula is C13H21BrN2S. The van der Waals surface area contributed by atoms with Crippen molar-refractivity contribution in [3.05, 3.63) is 20.8 Å². The number of thiophene rings is 1. The summed E-state index contributed by atoms with van der Waals surface area (Å²) in [7, 11) is 0. The van der Waals surface area contributed by atoms with E-state index >= 15 is 0 Å². The molecule has 2 atom stereocenters. The molecule has 2 nitrogen and oxygen atoms in total. The van der Waals surface area contributed by atoms with E-state index in [4.69, 9.17) is 0 Å². The molecule has 96 valence electrons. The van der Waals surface area contributed by atoms with Gasteiger partial charge in [0.1, 0.15) is 0 Å². The van der Waals surface area contributed by atoms with Crippen molar-refractivity contribution >= 4 is 27.3 Å².